The number of nitrogens with zero attached hydrogens (tertiary/aromatic N) is 1. The van der Waals surface area contributed by atoms with Crippen LogP contribution in [0, 0.1) is 6.92 Å². The normalized spacial score (nSPS) is 10.1. The summed E-state index contributed by atoms with van der Waals surface area (Å²) in [5, 5.41) is 6.03. The molecule has 4 heteroatoms. The van der Waals surface area contributed by atoms with E-state index in [0.29, 0.717) is 17.9 Å². The molecule has 0 aliphatic carbocycles. The number of anilines is 1. The van der Waals surface area contributed by atoms with E-state index in [1.807, 2.05) is 38.1 Å². The van der Waals surface area contributed by atoms with Gasteiger partial charge in [-0.05, 0) is 37.1 Å². The maximum Gasteiger partial charge on any atom is 0.255 e. The Hall–Kier alpha value is -2.36. The molecule has 0 fully saturated rings. The summed E-state index contributed by atoms with van der Waals surface area (Å²) in [6.45, 7) is 5.26. The first-order valence-electron chi connectivity index (χ1n) is 6.74. The molecule has 2 aromatic rings. The molecule has 4 nitrogen and oxygen atoms in total. The molecule has 0 atom stereocenters. The first kappa shape index (κ1) is 14.1. The van der Waals surface area contributed by atoms with Gasteiger partial charge in [-0.1, -0.05) is 24.3 Å². The Morgan fingerprint density at radius 3 is 2.75 bits per heavy atom. The second-order valence-electron chi connectivity index (χ2n) is 4.54. The number of carbonyl (C=O) groups is 1. The average Bonchev–Trinajstić information content (AvgIpc) is 2.47. The van der Waals surface area contributed by atoms with Crippen molar-refractivity contribution in [1.29, 1.82) is 0 Å². The smallest absolute Gasteiger partial charge is 0.255 e. The number of hydrogen-bond acceptors (Lipinski definition) is 3. The third-order valence-electron chi connectivity index (χ3n) is 3.10. The van der Waals surface area contributed by atoms with Crippen molar-refractivity contribution in [3.05, 3.63) is 59.3 Å². The van der Waals surface area contributed by atoms with Crippen molar-refractivity contribution in [3.63, 3.8) is 0 Å². The van der Waals surface area contributed by atoms with Gasteiger partial charge in [-0.2, -0.15) is 0 Å². The van der Waals surface area contributed by atoms with Crippen molar-refractivity contribution in [3.8, 4) is 0 Å². The van der Waals surface area contributed by atoms with Gasteiger partial charge in [0.15, 0.2) is 0 Å². The lowest BCUT2D eigenvalue weighted by atomic mass is 10.1. The quantitative estimate of drug-likeness (QED) is 0.877. The molecule has 1 heterocycles. The minimum atomic E-state index is -0.114. The lowest BCUT2D eigenvalue weighted by molar-refractivity contribution is 0.0951. The van der Waals surface area contributed by atoms with Crippen LogP contribution in [0.5, 0.6) is 0 Å². The van der Waals surface area contributed by atoms with Gasteiger partial charge in [-0.25, -0.2) is 4.98 Å². The largest absolute Gasteiger partial charge is 0.370 e. The molecule has 20 heavy (non-hydrogen) atoms. The van der Waals surface area contributed by atoms with Crippen LogP contribution in [-0.4, -0.2) is 17.4 Å². The second-order valence-corrected chi connectivity index (χ2v) is 4.54. The van der Waals surface area contributed by atoms with Gasteiger partial charge in [0.1, 0.15) is 5.82 Å². The Labute approximate surface area is 119 Å². The summed E-state index contributed by atoms with van der Waals surface area (Å²) in [7, 11) is 0. The molecule has 2 rings (SSSR count). The van der Waals surface area contributed by atoms with Crippen molar-refractivity contribution in [2.45, 2.75) is 20.4 Å². The average molecular weight is 269 g/mol. The Kier molecular flexibility index (Phi) is 4.71. The van der Waals surface area contributed by atoms with E-state index in [0.717, 1.165) is 12.1 Å². The van der Waals surface area contributed by atoms with Crippen molar-refractivity contribution < 1.29 is 4.79 Å². The van der Waals surface area contributed by atoms with Crippen molar-refractivity contribution in [2.24, 2.45) is 0 Å². The number of hydrogen-bond donors (Lipinski definition) is 2. The zero-order valence-electron chi connectivity index (χ0n) is 11.8. The molecule has 0 radical (unpaired) electrons. The lowest BCUT2D eigenvalue weighted by Crippen LogP contribution is -2.24. The molecular formula is C16H19N3O. The topological polar surface area (TPSA) is 54.0 Å². The van der Waals surface area contributed by atoms with Crippen LogP contribution in [0.4, 0.5) is 5.82 Å². The molecule has 0 aliphatic heterocycles. The maximum atomic E-state index is 12.2. The molecule has 0 spiro atoms. The summed E-state index contributed by atoms with van der Waals surface area (Å²) in [4.78, 5) is 16.4. The fourth-order valence-corrected chi connectivity index (χ4v) is 1.98. The van der Waals surface area contributed by atoms with Crippen molar-refractivity contribution >= 4 is 11.7 Å². The molecule has 1 aromatic heterocycles. The van der Waals surface area contributed by atoms with E-state index in [4.69, 9.17) is 0 Å². The van der Waals surface area contributed by atoms with Crippen LogP contribution in [0.15, 0.2) is 42.6 Å². The zero-order chi connectivity index (χ0) is 14.4. The van der Waals surface area contributed by atoms with Gasteiger partial charge in [-0.15, -0.1) is 0 Å². The molecule has 104 valence electrons. The van der Waals surface area contributed by atoms with E-state index in [1.165, 1.54) is 5.56 Å². The molecular weight excluding hydrogens is 250 g/mol. The molecule has 2 N–H and O–H groups in total. The highest BCUT2D eigenvalue weighted by Gasteiger charge is 2.11. The van der Waals surface area contributed by atoms with Crippen LogP contribution in [0.1, 0.15) is 28.4 Å². The summed E-state index contributed by atoms with van der Waals surface area (Å²) in [5.74, 6) is 0.509. The van der Waals surface area contributed by atoms with Gasteiger partial charge in [-0.3, -0.25) is 4.79 Å². The Balaban J connectivity index is 2.07. The van der Waals surface area contributed by atoms with E-state index in [2.05, 4.69) is 15.6 Å². The van der Waals surface area contributed by atoms with Gasteiger partial charge in [0, 0.05) is 19.3 Å². The number of benzene rings is 1. The Bertz CT molecular complexity index is 596. The number of rotatable bonds is 5. The maximum absolute atomic E-state index is 12.2. The predicted octanol–water partition coefficient (Wildman–Crippen LogP) is 2.75. The van der Waals surface area contributed by atoms with Crippen LogP contribution in [0.2, 0.25) is 0 Å². The van der Waals surface area contributed by atoms with Crippen LogP contribution in [0.25, 0.3) is 0 Å². The van der Waals surface area contributed by atoms with Crippen LogP contribution in [0.3, 0.4) is 0 Å². The predicted molar refractivity (Wildman–Crippen MR) is 80.7 cm³/mol. The molecule has 0 saturated carbocycles. The molecule has 0 saturated heterocycles. The number of amides is 1. The van der Waals surface area contributed by atoms with Gasteiger partial charge in [0.05, 0.1) is 5.56 Å². The Morgan fingerprint density at radius 1 is 1.20 bits per heavy atom. The fourth-order valence-electron chi connectivity index (χ4n) is 1.98. The molecule has 0 aliphatic rings. The highest BCUT2D eigenvalue weighted by molar-refractivity contribution is 5.98. The highest BCUT2D eigenvalue weighted by Crippen LogP contribution is 2.12. The first-order valence-corrected chi connectivity index (χ1v) is 6.74. The molecule has 1 aromatic carbocycles. The van der Waals surface area contributed by atoms with Crippen molar-refractivity contribution in [1.82, 2.24) is 10.3 Å². The molecule has 0 bridgehead atoms. The number of pyridine rings is 1. The summed E-state index contributed by atoms with van der Waals surface area (Å²) < 4.78 is 0. The van der Waals surface area contributed by atoms with Crippen molar-refractivity contribution in [2.75, 3.05) is 11.9 Å². The number of nitrogens with one attached hydrogen (secondary N) is 2. The first-order chi connectivity index (χ1) is 9.72. The number of carbonyl (C=O) groups excluding carboxylic acids is 1. The van der Waals surface area contributed by atoms with Crippen LogP contribution < -0.4 is 10.6 Å². The third kappa shape index (κ3) is 3.35. The van der Waals surface area contributed by atoms with E-state index in [9.17, 15) is 4.79 Å². The SMILES string of the molecule is CCNc1ncccc1C(=O)NCc1ccccc1C. The van der Waals surface area contributed by atoms with Gasteiger partial charge < -0.3 is 10.6 Å². The van der Waals surface area contributed by atoms with Gasteiger partial charge in [0.2, 0.25) is 0 Å². The summed E-state index contributed by atoms with van der Waals surface area (Å²) in [6.07, 6.45) is 1.68. The Morgan fingerprint density at radius 2 is 2.00 bits per heavy atom. The number of aryl methyl sites for hydroxylation is 1. The minimum absolute atomic E-state index is 0.114. The molecule has 1 amide bonds. The van der Waals surface area contributed by atoms with Gasteiger partial charge in [0.25, 0.3) is 5.91 Å². The lowest BCUT2D eigenvalue weighted by Gasteiger charge is -2.11. The standard InChI is InChI=1S/C16H19N3O/c1-3-17-15-14(9-6-10-18-15)16(20)19-11-13-8-5-4-7-12(13)2/h4-10H,3,11H2,1-2H3,(H,17,18)(H,19,20). The van der Waals surface area contributed by atoms with Crippen LogP contribution >= 0.6 is 0 Å². The summed E-state index contributed by atoms with van der Waals surface area (Å²) in [5.41, 5.74) is 2.86. The summed E-state index contributed by atoms with van der Waals surface area (Å²) in [6, 6.07) is 11.6. The fraction of sp³-hybridized carbons (Fsp3) is 0.250. The van der Waals surface area contributed by atoms with E-state index in [1.54, 1.807) is 18.3 Å². The third-order valence-corrected chi connectivity index (χ3v) is 3.10. The van der Waals surface area contributed by atoms with Gasteiger partial charge >= 0.3 is 0 Å². The van der Waals surface area contributed by atoms with E-state index in [-0.39, 0.29) is 5.91 Å². The second kappa shape index (κ2) is 6.70. The summed E-state index contributed by atoms with van der Waals surface area (Å²) >= 11 is 0. The molecule has 0 unspecified atom stereocenters. The number of aromatic nitrogens is 1. The van der Waals surface area contributed by atoms with Crippen LogP contribution in [-0.2, 0) is 6.54 Å². The zero-order valence-corrected chi connectivity index (χ0v) is 11.8. The van der Waals surface area contributed by atoms with E-state index < -0.39 is 0 Å². The van der Waals surface area contributed by atoms with E-state index >= 15 is 0 Å². The highest BCUT2D eigenvalue weighted by atomic mass is 16.1. The minimum Gasteiger partial charge on any atom is -0.370 e. The monoisotopic (exact) mass is 269 g/mol.